The second-order valence-electron chi connectivity index (χ2n) is 3.70. The number of morpholine rings is 1. The van der Waals surface area contributed by atoms with Crippen LogP contribution in [0.5, 0.6) is 0 Å². The summed E-state index contributed by atoms with van der Waals surface area (Å²) in [5.74, 6) is 1.19. The minimum atomic E-state index is 0. The number of pyridine rings is 1. The van der Waals surface area contributed by atoms with Gasteiger partial charge in [0.1, 0.15) is 13.1 Å². The van der Waals surface area contributed by atoms with Crippen molar-refractivity contribution in [1.29, 1.82) is 0 Å². The second-order valence-corrected chi connectivity index (χ2v) is 4.87. The molecule has 17 heavy (non-hydrogen) atoms. The zero-order valence-corrected chi connectivity index (χ0v) is 12.0. The molecule has 2 N–H and O–H groups in total. The topological polar surface area (TPSA) is 27.8 Å². The third-order valence-corrected chi connectivity index (χ3v) is 3.60. The van der Waals surface area contributed by atoms with E-state index in [9.17, 15) is 0 Å². The summed E-state index contributed by atoms with van der Waals surface area (Å²) in [6.45, 7) is 5.43. The summed E-state index contributed by atoms with van der Waals surface area (Å²) in [6.07, 6.45) is 4.00. The second kappa shape index (κ2) is 9.97. The van der Waals surface area contributed by atoms with Crippen LogP contribution in [0.4, 0.5) is 0 Å². The number of halogens is 2. The van der Waals surface area contributed by atoms with Gasteiger partial charge < -0.3 is 34.5 Å². The molecule has 0 radical (unpaired) electrons. The van der Waals surface area contributed by atoms with Crippen molar-refractivity contribution in [3.63, 3.8) is 0 Å². The van der Waals surface area contributed by atoms with Crippen molar-refractivity contribution in [2.24, 2.45) is 0 Å². The van der Waals surface area contributed by atoms with Crippen molar-refractivity contribution < 1.29 is 39.4 Å². The van der Waals surface area contributed by atoms with Gasteiger partial charge in [-0.15, -0.1) is 11.8 Å². The lowest BCUT2D eigenvalue weighted by Gasteiger charge is -2.23. The number of quaternary nitrogens is 1. The van der Waals surface area contributed by atoms with Gasteiger partial charge >= 0.3 is 0 Å². The van der Waals surface area contributed by atoms with Gasteiger partial charge in [0.15, 0.2) is 12.4 Å². The highest BCUT2D eigenvalue weighted by Crippen LogP contribution is 2.12. The minimum absolute atomic E-state index is 0. The number of thioether (sulfide) groups is 1. The molecule has 1 aliphatic rings. The van der Waals surface area contributed by atoms with Crippen molar-refractivity contribution in [3.05, 3.63) is 24.5 Å². The molecule has 0 bridgehead atoms. The first kappa shape index (κ1) is 17.0. The summed E-state index contributed by atoms with van der Waals surface area (Å²) in [7, 11) is 0. The van der Waals surface area contributed by atoms with E-state index in [1.165, 1.54) is 30.3 Å². The van der Waals surface area contributed by atoms with Crippen LogP contribution < -0.4 is 34.7 Å². The van der Waals surface area contributed by atoms with E-state index in [1.54, 1.807) is 4.90 Å². The number of aromatic nitrogens is 1. The molecule has 0 saturated carbocycles. The fraction of sp³-hybridized carbons (Fsp3) is 0.545. The van der Waals surface area contributed by atoms with Crippen molar-refractivity contribution >= 4 is 11.8 Å². The van der Waals surface area contributed by atoms with Crippen LogP contribution in [-0.4, -0.2) is 38.6 Å². The highest BCUT2D eigenvalue weighted by molar-refractivity contribution is 7.99. The van der Waals surface area contributed by atoms with E-state index in [0.29, 0.717) is 0 Å². The molecule has 1 saturated heterocycles. The van der Waals surface area contributed by atoms with Gasteiger partial charge in [0.05, 0.1) is 24.7 Å². The molecule has 98 valence electrons. The first-order valence-corrected chi connectivity index (χ1v) is 6.44. The first-order valence-electron chi connectivity index (χ1n) is 5.45. The van der Waals surface area contributed by atoms with Crippen molar-refractivity contribution in [1.82, 2.24) is 0 Å². The molecular weight excluding hydrogens is 279 g/mol. The van der Waals surface area contributed by atoms with Crippen LogP contribution in [0, 0.1) is 0 Å². The Hall–Kier alpha value is -0.000000000000000111. The monoisotopic (exact) mass is 296 g/mol. The van der Waals surface area contributed by atoms with Gasteiger partial charge in [0, 0.05) is 11.8 Å². The van der Waals surface area contributed by atoms with Gasteiger partial charge in [-0.2, -0.15) is 0 Å². The Balaban J connectivity index is 0.00000128. The lowest BCUT2D eigenvalue weighted by molar-refractivity contribution is -0.905. The molecule has 1 fully saturated rings. The third kappa shape index (κ3) is 6.48. The molecule has 0 amide bonds. The Morgan fingerprint density at radius 3 is 2.71 bits per heavy atom. The quantitative estimate of drug-likeness (QED) is 0.560. The van der Waals surface area contributed by atoms with E-state index in [4.69, 9.17) is 4.74 Å². The van der Waals surface area contributed by atoms with Gasteiger partial charge in [-0.05, 0) is 6.07 Å². The molecule has 2 heterocycles. The molecule has 0 spiro atoms. The fourth-order valence-electron chi connectivity index (χ4n) is 1.69. The van der Waals surface area contributed by atoms with Crippen LogP contribution in [0.25, 0.3) is 0 Å². The van der Waals surface area contributed by atoms with E-state index < -0.39 is 0 Å². The highest BCUT2D eigenvalue weighted by atomic mass is 35.5. The predicted molar refractivity (Wildman–Crippen MR) is 60.1 cm³/mol. The van der Waals surface area contributed by atoms with E-state index in [0.717, 1.165) is 13.2 Å². The molecule has 0 aliphatic carbocycles. The normalized spacial score (nSPS) is 15.8. The summed E-state index contributed by atoms with van der Waals surface area (Å²) < 4.78 is 5.33. The minimum Gasteiger partial charge on any atom is -1.00 e. The van der Waals surface area contributed by atoms with E-state index in [1.807, 2.05) is 24.0 Å². The van der Waals surface area contributed by atoms with E-state index in [2.05, 4.69) is 17.2 Å². The van der Waals surface area contributed by atoms with Gasteiger partial charge in [-0.3, -0.25) is 0 Å². The summed E-state index contributed by atoms with van der Waals surface area (Å²) in [5, 5.41) is 0. The Morgan fingerprint density at radius 1 is 1.29 bits per heavy atom. The van der Waals surface area contributed by atoms with Crippen LogP contribution >= 0.6 is 11.8 Å². The lowest BCUT2D eigenvalue weighted by Crippen LogP contribution is -3.14. The number of ether oxygens (including phenoxy) is 1. The average Bonchev–Trinajstić information content (AvgIpc) is 2.32. The van der Waals surface area contributed by atoms with Crippen LogP contribution in [0.2, 0.25) is 0 Å². The summed E-state index contributed by atoms with van der Waals surface area (Å²) in [6, 6.07) is 4.19. The van der Waals surface area contributed by atoms with Gasteiger partial charge in [-0.1, -0.05) is 0 Å². The molecule has 0 unspecified atom stereocenters. The maximum absolute atomic E-state index is 5.33. The molecule has 2 rings (SSSR count). The number of aromatic amines is 1. The Labute approximate surface area is 119 Å². The zero-order valence-electron chi connectivity index (χ0n) is 9.62. The number of rotatable bonds is 4. The van der Waals surface area contributed by atoms with Gasteiger partial charge in [0.25, 0.3) is 0 Å². The smallest absolute Gasteiger partial charge is 0.180 e. The SMILES string of the molecule is [Cl-].[Cl-].c1c[nH+]cc(SCC[NH+]2CCOCC2)c1. The fourth-order valence-corrected chi connectivity index (χ4v) is 2.64. The molecule has 1 aromatic rings. The largest absolute Gasteiger partial charge is 1.00 e. The molecule has 0 atom stereocenters. The Kier molecular flexibility index (Phi) is 9.97. The number of nitrogens with one attached hydrogen (secondary N) is 2. The van der Waals surface area contributed by atoms with E-state index in [-0.39, 0.29) is 24.8 Å². The van der Waals surface area contributed by atoms with E-state index >= 15 is 0 Å². The number of hydrogen-bond acceptors (Lipinski definition) is 2. The summed E-state index contributed by atoms with van der Waals surface area (Å²) in [5.41, 5.74) is 0. The third-order valence-electron chi connectivity index (χ3n) is 2.60. The molecule has 0 aromatic carbocycles. The van der Waals surface area contributed by atoms with Gasteiger partial charge in [0.2, 0.25) is 0 Å². The summed E-state index contributed by atoms with van der Waals surface area (Å²) in [4.78, 5) is 6.10. The Morgan fingerprint density at radius 2 is 2.06 bits per heavy atom. The maximum Gasteiger partial charge on any atom is 0.180 e. The van der Waals surface area contributed by atoms with Crippen LogP contribution in [0.3, 0.4) is 0 Å². The van der Waals surface area contributed by atoms with Crippen LogP contribution in [-0.2, 0) is 4.74 Å². The molecule has 3 nitrogen and oxygen atoms in total. The zero-order chi connectivity index (χ0) is 10.3. The molecule has 1 aromatic heterocycles. The number of H-pyrrole nitrogens is 1. The van der Waals surface area contributed by atoms with Crippen molar-refractivity contribution in [2.75, 3.05) is 38.6 Å². The lowest BCUT2D eigenvalue weighted by atomic mass is 10.4. The maximum atomic E-state index is 5.33. The predicted octanol–water partition coefficient (Wildman–Crippen LogP) is -6.48. The standard InChI is InChI=1S/C11H16N2OS.2ClH/c1-2-11(10-12-3-1)15-9-6-13-4-7-14-8-5-13;;/h1-3,10H,4-9H2;2*1H. The highest BCUT2D eigenvalue weighted by Gasteiger charge is 2.12. The summed E-state index contributed by atoms with van der Waals surface area (Å²) >= 11 is 1.92. The van der Waals surface area contributed by atoms with Crippen molar-refractivity contribution in [2.45, 2.75) is 4.90 Å². The molecule has 1 aliphatic heterocycles. The average molecular weight is 297 g/mol. The first-order chi connectivity index (χ1) is 7.45. The Bertz CT molecular complexity index is 284. The molecular formula is C11H18Cl2N2OS. The van der Waals surface area contributed by atoms with Crippen LogP contribution in [0.1, 0.15) is 0 Å². The van der Waals surface area contributed by atoms with Gasteiger partial charge in [-0.25, -0.2) is 4.98 Å². The molecule has 6 heteroatoms. The van der Waals surface area contributed by atoms with Crippen molar-refractivity contribution in [3.8, 4) is 0 Å². The van der Waals surface area contributed by atoms with Crippen LogP contribution in [0.15, 0.2) is 29.4 Å². The number of hydrogen-bond donors (Lipinski definition) is 1.